The van der Waals surface area contributed by atoms with Gasteiger partial charge in [-0.1, -0.05) is 19.6 Å². The second-order valence-electron chi connectivity index (χ2n) is 4.99. The summed E-state index contributed by atoms with van der Waals surface area (Å²) in [5.74, 6) is 1.28. The number of methoxy groups -OCH3 is 1. The maximum Gasteiger partial charge on any atom is 0.340 e. The van der Waals surface area contributed by atoms with Crippen LogP contribution in [-0.2, 0) is 4.74 Å². The van der Waals surface area contributed by atoms with Crippen molar-refractivity contribution in [2.45, 2.75) is 19.6 Å². The molecule has 8 heteroatoms. The summed E-state index contributed by atoms with van der Waals surface area (Å²) >= 11 is 1.43. The molecule has 0 spiro atoms. The van der Waals surface area contributed by atoms with Crippen molar-refractivity contribution in [1.82, 2.24) is 9.97 Å². The van der Waals surface area contributed by atoms with Crippen LogP contribution in [0, 0.1) is 0 Å². The minimum Gasteiger partial charge on any atom is -0.465 e. The number of aromatic nitrogens is 2. The SMILES string of the molecule is COC(=O)c1csc2cncnc12.C[Si](C)(C)C=[N+]=[N-]. The first kappa shape index (κ1) is 16.2. The molecule has 2 rings (SSSR count). The molecule has 0 aromatic carbocycles. The molecule has 0 bridgehead atoms. The van der Waals surface area contributed by atoms with Gasteiger partial charge in [-0.2, -0.15) is 4.79 Å². The van der Waals surface area contributed by atoms with Crippen molar-refractivity contribution in [3.63, 3.8) is 0 Å². The standard InChI is InChI=1S/C8H6N2O2S.C4H10N2Si/c1-12-8(11)5-3-13-6-2-9-4-10-7(5)6;1-7(2,3)4-6-5/h2-4H,1H3;4H,1-3H3. The Kier molecular flexibility index (Phi) is 5.69. The third kappa shape index (κ3) is 4.65. The first-order valence-electron chi connectivity index (χ1n) is 5.83. The van der Waals surface area contributed by atoms with Crippen molar-refractivity contribution in [1.29, 1.82) is 0 Å². The Morgan fingerprint density at radius 1 is 1.50 bits per heavy atom. The average molecular weight is 308 g/mol. The van der Waals surface area contributed by atoms with Gasteiger partial charge in [0.1, 0.15) is 6.33 Å². The minimum atomic E-state index is -1.20. The summed E-state index contributed by atoms with van der Waals surface area (Å²) in [6, 6.07) is 0. The predicted octanol–water partition coefficient (Wildman–Crippen LogP) is 2.64. The lowest BCUT2D eigenvalue weighted by molar-refractivity contribution is 0.00679. The molecule has 2 aromatic rings. The molecule has 106 valence electrons. The van der Waals surface area contributed by atoms with Gasteiger partial charge in [0.2, 0.25) is 5.84 Å². The largest absolute Gasteiger partial charge is 0.465 e. The highest BCUT2D eigenvalue weighted by molar-refractivity contribution is 7.17. The molecular formula is C12H16N4O2SSi. The summed E-state index contributed by atoms with van der Waals surface area (Å²) in [5.41, 5.74) is 9.17. The fourth-order valence-corrected chi connectivity index (χ4v) is 2.41. The number of carbonyl (C=O) groups is 1. The van der Waals surface area contributed by atoms with E-state index in [0.717, 1.165) is 4.70 Å². The number of thiophene rings is 1. The van der Waals surface area contributed by atoms with Crippen LogP contribution in [0.4, 0.5) is 0 Å². The van der Waals surface area contributed by atoms with E-state index in [2.05, 4.69) is 39.1 Å². The fourth-order valence-electron chi connectivity index (χ4n) is 1.21. The highest BCUT2D eigenvalue weighted by Crippen LogP contribution is 2.22. The van der Waals surface area contributed by atoms with Crippen molar-refractivity contribution in [3.05, 3.63) is 29.0 Å². The number of fused-ring (bicyclic) bond motifs is 1. The van der Waals surface area contributed by atoms with Gasteiger partial charge in [0.25, 0.3) is 0 Å². The Bertz CT molecular complexity index is 644. The van der Waals surface area contributed by atoms with Gasteiger partial charge in [0.15, 0.2) is 8.07 Å². The second-order valence-corrected chi connectivity index (χ2v) is 10.9. The van der Waals surface area contributed by atoms with Crippen LogP contribution < -0.4 is 0 Å². The van der Waals surface area contributed by atoms with Crippen molar-refractivity contribution in [2.24, 2.45) is 0 Å². The summed E-state index contributed by atoms with van der Waals surface area (Å²) in [4.78, 5) is 22.0. The van der Waals surface area contributed by atoms with Gasteiger partial charge in [-0.15, -0.1) is 11.3 Å². The van der Waals surface area contributed by atoms with Crippen molar-refractivity contribution in [3.8, 4) is 0 Å². The van der Waals surface area contributed by atoms with Gasteiger partial charge in [0.05, 0.1) is 22.9 Å². The Labute approximate surface area is 122 Å². The number of hydrogen-bond donors (Lipinski definition) is 0. The van der Waals surface area contributed by atoms with Crippen LogP contribution in [-0.4, -0.2) is 41.7 Å². The lowest BCUT2D eigenvalue weighted by Crippen LogP contribution is -2.22. The van der Waals surface area contributed by atoms with E-state index in [9.17, 15) is 4.79 Å². The van der Waals surface area contributed by atoms with Gasteiger partial charge >= 0.3 is 5.97 Å². The maximum absolute atomic E-state index is 11.2. The van der Waals surface area contributed by atoms with Crippen LogP contribution in [0.5, 0.6) is 0 Å². The van der Waals surface area contributed by atoms with Crippen LogP contribution in [0.3, 0.4) is 0 Å². The van der Waals surface area contributed by atoms with Crippen LogP contribution in [0.2, 0.25) is 19.6 Å². The van der Waals surface area contributed by atoms with Gasteiger partial charge in [-0.05, 0) is 0 Å². The average Bonchev–Trinajstić information content (AvgIpc) is 2.81. The zero-order chi connectivity index (χ0) is 15.2. The highest BCUT2D eigenvalue weighted by atomic mass is 32.1. The van der Waals surface area contributed by atoms with Crippen LogP contribution >= 0.6 is 11.3 Å². The fraction of sp³-hybridized carbons (Fsp3) is 0.333. The van der Waals surface area contributed by atoms with Crippen LogP contribution in [0.15, 0.2) is 17.9 Å². The monoisotopic (exact) mass is 308 g/mol. The summed E-state index contributed by atoms with van der Waals surface area (Å²) in [6.45, 7) is 6.31. The molecule has 0 radical (unpaired) electrons. The maximum atomic E-state index is 11.2. The van der Waals surface area contributed by atoms with Gasteiger partial charge in [-0.3, -0.25) is 0 Å². The molecule has 0 aliphatic rings. The summed E-state index contributed by atoms with van der Waals surface area (Å²) in [6.07, 6.45) is 3.10. The van der Waals surface area contributed by atoms with E-state index < -0.39 is 8.07 Å². The molecule has 2 aromatic heterocycles. The van der Waals surface area contributed by atoms with Crippen LogP contribution in [0.25, 0.3) is 15.7 Å². The van der Waals surface area contributed by atoms with E-state index in [1.165, 1.54) is 24.8 Å². The Morgan fingerprint density at radius 2 is 2.20 bits per heavy atom. The zero-order valence-corrected chi connectivity index (χ0v) is 13.6. The molecular weight excluding hydrogens is 292 g/mol. The van der Waals surface area contributed by atoms with E-state index in [1.54, 1.807) is 17.4 Å². The predicted molar refractivity (Wildman–Crippen MR) is 81.8 cm³/mol. The summed E-state index contributed by atoms with van der Waals surface area (Å²) in [7, 11) is 0.155. The van der Waals surface area contributed by atoms with E-state index in [1.807, 2.05) is 0 Å². The Hall–Kier alpha value is -1.89. The topological polar surface area (TPSA) is 88.5 Å². The van der Waals surface area contributed by atoms with Crippen molar-refractivity contribution < 1.29 is 14.3 Å². The van der Waals surface area contributed by atoms with E-state index >= 15 is 0 Å². The third-order valence-electron chi connectivity index (χ3n) is 2.09. The Morgan fingerprint density at radius 3 is 2.70 bits per heavy atom. The molecule has 2 heterocycles. The molecule has 0 aliphatic carbocycles. The lowest BCUT2D eigenvalue weighted by atomic mass is 10.3. The molecule has 0 unspecified atom stereocenters. The molecule has 0 amide bonds. The number of hydrogen-bond acceptors (Lipinski definition) is 5. The molecule has 20 heavy (non-hydrogen) atoms. The molecule has 0 N–H and O–H groups in total. The van der Waals surface area contributed by atoms with Crippen LogP contribution in [0.1, 0.15) is 10.4 Å². The molecule has 6 nitrogen and oxygen atoms in total. The van der Waals surface area contributed by atoms with Gasteiger partial charge in [-0.25, -0.2) is 14.8 Å². The smallest absolute Gasteiger partial charge is 0.340 e. The quantitative estimate of drug-likeness (QED) is 0.280. The van der Waals surface area contributed by atoms with Gasteiger partial charge in [0, 0.05) is 11.6 Å². The highest BCUT2D eigenvalue weighted by Gasteiger charge is 2.14. The molecule has 0 saturated carbocycles. The van der Waals surface area contributed by atoms with Gasteiger partial charge < -0.3 is 10.3 Å². The number of carbonyl (C=O) groups excluding carboxylic acids is 1. The summed E-state index contributed by atoms with van der Waals surface area (Å²) in [5, 5.41) is 1.73. The summed E-state index contributed by atoms with van der Waals surface area (Å²) < 4.78 is 5.50. The molecule has 0 saturated heterocycles. The number of ether oxygens (including phenoxy) is 1. The number of nitrogens with zero attached hydrogens (tertiary/aromatic N) is 4. The Balaban J connectivity index is 0.000000246. The zero-order valence-electron chi connectivity index (χ0n) is 11.8. The van der Waals surface area contributed by atoms with Crippen molar-refractivity contribution >= 4 is 41.4 Å². The first-order valence-corrected chi connectivity index (χ1v) is 10.3. The first-order chi connectivity index (χ1) is 9.39. The third-order valence-corrected chi connectivity index (χ3v) is 3.88. The molecule has 0 atom stereocenters. The van der Waals surface area contributed by atoms with Crippen molar-refractivity contribution in [2.75, 3.05) is 7.11 Å². The van der Waals surface area contributed by atoms with E-state index in [4.69, 9.17) is 5.53 Å². The molecule has 0 aliphatic heterocycles. The minimum absolute atomic E-state index is 0.357. The molecule has 0 fully saturated rings. The normalized spacial score (nSPS) is 10.2. The van der Waals surface area contributed by atoms with E-state index in [0.29, 0.717) is 11.1 Å². The van der Waals surface area contributed by atoms with E-state index in [-0.39, 0.29) is 5.97 Å². The number of esters is 1. The number of rotatable bonds is 2. The second kappa shape index (κ2) is 7.04. The lowest BCUT2D eigenvalue weighted by Gasteiger charge is -1.95.